The van der Waals surface area contributed by atoms with Gasteiger partial charge in [-0.2, -0.15) is 5.10 Å². The van der Waals surface area contributed by atoms with E-state index in [4.69, 9.17) is 23.7 Å². The minimum absolute atomic E-state index is 0.190. The van der Waals surface area contributed by atoms with E-state index in [1.54, 1.807) is 30.3 Å². The highest BCUT2D eigenvalue weighted by Crippen LogP contribution is 2.31. The van der Waals surface area contributed by atoms with E-state index in [-0.39, 0.29) is 17.9 Å². The van der Waals surface area contributed by atoms with Crippen molar-refractivity contribution in [3.8, 4) is 28.7 Å². The minimum atomic E-state index is -0.586. The lowest BCUT2D eigenvalue weighted by molar-refractivity contribution is -0.123. The third kappa shape index (κ3) is 7.04. The Balaban J connectivity index is 1.36. The maximum atomic E-state index is 12.7. The SMILES string of the molecule is CCOc1cc(/C=N\NC(=O)COc2ccc3ccccc3c2)ccc1OC(=O)c1ccc(OC)c(OC)c1. The number of carbonyl (C=O) groups excluding carboxylic acids is 2. The van der Waals surface area contributed by atoms with Crippen molar-refractivity contribution in [1.82, 2.24) is 5.43 Å². The molecule has 1 N–H and O–H groups in total. The van der Waals surface area contributed by atoms with Gasteiger partial charge in [-0.1, -0.05) is 30.3 Å². The number of hydrazone groups is 1. The molecule has 0 saturated heterocycles. The third-order valence-corrected chi connectivity index (χ3v) is 5.58. The number of methoxy groups -OCH3 is 2. The van der Waals surface area contributed by atoms with Gasteiger partial charge in [0.1, 0.15) is 5.75 Å². The Bertz CT molecular complexity index is 1500. The Morgan fingerprint density at radius 2 is 1.56 bits per heavy atom. The Hall–Kier alpha value is -5.05. The smallest absolute Gasteiger partial charge is 0.343 e. The fraction of sp³-hybridized carbons (Fsp3) is 0.167. The van der Waals surface area contributed by atoms with E-state index in [0.717, 1.165) is 10.8 Å². The summed E-state index contributed by atoms with van der Waals surface area (Å²) in [5.41, 5.74) is 3.35. The van der Waals surface area contributed by atoms with Gasteiger partial charge in [0.25, 0.3) is 5.91 Å². The van der Waals surface area contributed by atoms with Crippen molar-refractivity contribution in [3.63, 3.8) is 0 Å². The zero-order valence-electron chi connectivity index (χ0n) is 21.8. The first-order valence-corrected chi connectivity index (χ1v) is 12.1. The summed E-state index contributed by atoms with van der Waals surface area (Å²) in [5, 5.41) is 6.10. The van der Waals surface area contributed by atoms with Gasteiger partial charge in [-0.25, -0.2) is 10.2 Å². The Morgan fingerprint density at radius 3 is 2.33 bits per heavy atom. The number of rotatable bonds is 11. The molecule has 39 heavy (non-hydrogen) atoms. The van der Waals surface area contributed by atoms with E-state index in [0.29, 0.717) is 35.2 Å². The van der Waals surface area contributed by atoms with Crippen LogP contribution in [0.25, 0.3) is 10.8 Å². The topological polar surface area (TPSA) is 105 Å². The number of nitrogens with one attached hydrogen (secondary N) is 1. The number of fused-ring (bicyclic) bond motifs is 1. The van der Waals surface area contributed by atoms with Crippen LogP contribution in [0.15, 0.2) is 84.0 Å². The predicted octanol–water partition coefficient (Wildman–Crippen LogP) is 5.00. The second-order valence-electron chi connectivity index (χ2n) is 8.19. The molecule has 1 amide bonds. The van der Waals surface area contributed by atoms with Gasteiger partial charge in [-0.15, -0.1) is 0 Å². The Kier molecular flexibility index (Phi) is 8.97. The second kappa shape index (κ2) is 13.0. The van der Waals surface area contributed by atoms with Crippen molar-refractivity contribution in [2.24, 2.45) is 5.10 Å². The molecule has 0 aliphatic rings. The highest BCUT2D eigenvalue weighted by Gasteiger charge is 2.16. The van der Waals surface area contributed by atoms with E-state index in [2.05, 4.69) is 10.5 Å². The van der Waals surface area contributed by atoms with Crippen LogP contribution < -0.4 is 29.1 Å². The third-order valence-electron chi connectivity index (χ3n) is 5.58. The van der Waals surface area contributed by atoms with Crippen LogP contribution in [0.4, 0.5) is 0 Å². The number of carbonyl (C=O) groups is 2. The molecule has 0 heterocycles. The van der Waals surface area contributed by atoms with Crippen LogP contribution in [0, 0.1) is 0 Å². The number of nitrogens with zero attached hydrogens (tertiary/aromatic N) is 1. The molecule has 0 spiro atoms. The molecule has 0 aliphatic carbocycles. The van der Waals surface area contributed by atoms with Gasteiger partial charge >= 0.3 is 5.97 Å². The number of hydrogen-bond acceptors (Lipinski definition) is 8. The van der Waals surface area contributed by atoms with E-state index in [9.17, 15) is 9.59 Å². The molecule has 0 unspecified atom stereocenters. The molecule has 0 fully saturated rings. The molecule has 0 aromatic heterocycles. The van der Waals surface area contributed by atoms with Gasteiger partial charge in [0.2, 0.25) is 0 Å². The van der Waals surface area contributed by atoms with Crippen LogP contribution in [-0.2, 0) is 4.79 Å². The van der Waals surface area contributed by atoms with Crippen molar-refractivity contribution in [3.05, 3.63) is 90.0 Å². The van der Waals surface area contributed by atoms with Crippen molar-refractivity contribution in [2.45, 2.75) is 6.92 Å². The lowest BCUT2D eigenvalue weighted by Crippen LogP contribution is -2.24. The van der Waals surface area contributed by atoms with E-state index < -0.39 is 11.9 Å². The average Bonchev–Trinajstić information content (AvgIpc) is 2.96. The molecular weight excluding hydrogens is 500 g/mol. The van der Waals surface area contributed by atoms with Crippen molar-refractivity contribution in [1.29, 1.82) is 0 Å². The summed E-state index contributed by atoms with van der Waals surface area (Å²) < 4.78 is 27.3. The quantitative estimate of drug-likeness (QED) is 0.126. The van der Waals surface area contributed by atoms with Gasteiger partial charge in [0.15, 0.2) is 29.6 Å². The highest BCUT2D eigenvalue weighted by molar-refractivity contribution is 5.92. The van der Waals surface area contributed by atoms with Gasteiger partial charge in [-0.05, 0) is 71.8 Å². The molecule has 0 atom stereocenters. The van der Waals surface area contributed by atoms with Crippen LogP contribution >= 0.6 is 0 Å². The van der Waals surface area contributed by atoms with Crippen LogP contribution in [0.1, 0.15) is 22.8 Å². The molecule has 9 heteroatoms. The van der Waals surface area contributed by atoms with Crippen LogP contribution in [0.5, 0.6) is 28.7 Å². The molecule has 0 saturated carbocycles. The summed E-state index contributed by atoms with van der Waals surface area (Å²) in [7, 11) is 3.00. The fourth-order valence-electron chi connectivity index (χ4n) is 3.70. The molecule has 9 nitrogen and oxygen atoms in total. The standard InChI is InChI=1S/C30H28N2O7/c1-4-37-28-15-20(9-13-26(28)39-30(34)23-11-14-25(35-2)27(17-23)36-3)18-31-32-29(33)19-38-24-12-10-21-7-5-6-8-22(21)16-24/h5-18H,4,19H2,1-3H3,(H,32,33)/b31-18-. The molecular formula is C30H28N2O7. The maximum Gasteiger partial charge on any atom is 0.343 e. The van der Waals surface area contributed by atoms with Gasteiger partial charge in [-0.3, -0.25) is 4.79 Å². The summed E-state index contributed by atoms with van der Waals surface area (Å²) in [5.74, 6) is 1.09. The first-order valence-electron chi connectivity index (χ1n) is 12.1. The lowest BCUT2D eigenvalue weighted by atomic mass is 10.1. The zero-order chi connectivity index (χ0) is 27.6. The van der Waals surface area contributed by atoms with Crippen molar-refractivity contribution >= 4 is 28.9 Å². The predicted molar refractivity (Wildman–Crippen MR) is 147 cm³/mol. The summed E-state index contributed by atoms with van der Waals surface area (Å²) in [6.45, 7) is 1.98. The maximum absolute atomic E-state index is 12.7. The Labute approximate surface area is 225 Å². The number of esters is 1. The molecule has 0 aliphatic heterocycles. The van der Waals surface area contributed by atoms with Gasteiger partial charge in [0.05, 0.1) is 32.6 Å². The summed E-state index contributed by atoms with van der Waals surface area (Å²) in [6.07, 6.45) is 1.45. The van der Waals surface area contributed by atoms with Crippen LogP contribution in [0.2, 0.25) is 0 Å². The normalized spacial score (nSPS) is 10.7. The minimum Gasteiger partial charge on any atom is -0.493 e. The van der Waals surface area contributed by atoms with Crippen LogP contribution in [0.3, 0.4) is 0 Å². The summed E-state index contributed by atoms with van der Waals surface area (Å²) in [6, 6.07) is 23.2. The monoisotopic (exact) mass is 528 g/mol. The van der Waals surface area contributed by atoms with Gasteiger partial charge < -0.3 is 23.7 Å². The van der Waals surface area contributed by atoms with E-state index in [1.165, 1.54) is 26.5 Å². The molecule has 4 aromatic carbocycles. The largest absolute Gasteiger partial charge is 0.493 e. The second-order valence-corrected chi connectivity index (χ2v) is 8.19. The fourth-order valence-corrected chi connectivity index (χ4v) is 3.70. The zero-order valence-corrected chi connectivity index (χ0v) is 21.8. The van der Waals surface area contributed by atoms with Crippen molar-refractivity contribution in [2.75, 3.05) is 27.4 Å². The molecule has 0 radical (unpaired) electrons. The van der Waals surface area contributed by atoms with Crippen molar-refractivity contribution < 1.29 is 33.3 Å². The number of ether oxygens (including phenoxy) is 5. The van der Waals surface area contributed by atoms with E-state index in [1.807, 2.05) is 49.4 Å². The molecule has 4 rings (SSSR count). The number of hydrogen-bond donors (Lipinski definition) is 1. The lowest BCUT2D eigenvalue weighted by Gasteiger charge is -2.12. The number of amides is 1. The molecule has 200 valence electrons. The first-order chi connectivity index (χ1) is 19.0. The average molecular weight is 529 g/mol. The molecule has 4 aromatic rings. The highest BCUT2D eigenvalue weighted by atomic mass is 16.6. The van der Waals surface area contributed by atoms with E-state index >= 15 is 0 Å². The number of benzene rings is 4. The summed E-state index contributed by atoms with van der Waals surface area (Å²) >= 11 is 0. The molecule has 0 bridgehead atoms. The van der Waals surface area contributed by atoms with Crippen LogP contribution in [-0.4, -0.2) is 45.5 Å². The Morgan fingerprint density at radius 1 is 0.795 bits per heavy atom. The first kappa shape index (κ1) is 27.0. The summed E-state index contributed by atoms with van der Waals surface area (Å²) in [4.78, 5) is 24.9. The van der Waals surface area contributed by atoms with Gasteiger partial charge in [0, 0.05) is 0 Å².